The van der Waals surface area contributed by atoms with E-state index in [0.717, 1.165) is 60.8 Å². The molecule has 11 heteroatoms. The van der Waals surface area contributed by atoms with Crippen molar-refractivity contribution in [1.29, 1.82) is 0 Å². The summed E-state index contributed by atoms with van der Waals surface area (Å²) < 4.78 is 55.1. The van der Waals surface area contributed by atoms with Gasteiger partial charge in [-0.3, -0.25) is 4.72 Å². The second kappa shape index (κ2) is 16.0. The molecule has 2 fully saturated rings. The monoisotopic (exact) mass is 603 g/mol. The predicted molar refractivity (Wildman–Crippen MR) is 165 cm³/mol. The Labute approximate surface area is 250 Å². The van der Waals surface area contributed by atoms with Gasteiger partial charge in [0.25, 0.3) is 0 Å². The molecule has 4 N–H and O–H groups in total. The minimum absolute atomic E-state index is 0.260. The van der Waals surface area contributed by atoms with E-state index in [1.807, 2.05) is 31.3 Å². The SMILES string of the molecule is C1COCCN1.CNSc1ccc(NCC#Cc2cc3c(NC4CCCCC4)cccc3n2CC(F)(F)F)c(OC)c1. The van der Waals surface area contributed by atoms with Crippen molar-refractivity contribution in [2.75, 3.05) is 57.6 Å². The lowest BCUT2D eigenvalue weighted by Crippen LogP contribution is -2.30. The van der Waals surface area contributed by atoms with Gasteiger partial charge in [-0.15, -0.1) is 0 Å². The van der Waals surface area contributed by atoms with E-state index in [2.05, 4.69) is 32.5 Å². The van der Waals surface area contributed by atoms with Gasteiger partial charge in [0, 0.05) is 35.1 Å². The normalized spacial score (nSPS) is 15.7. The number of hydrogen-bond donors (Lipinski definition) is 4. The van der Waals surface area contributed by atoms with Gasteiger partial charge >= 0.3 is 6.18 Å². The highest BCUT2D eigenvalue weighted by Crippen LogP contribution is 2.32. The van der Waals surface area contributed by atoms with Crippen LogP contribution in [0.25, 0.3) is 10.9 Å². The van der Waals surface area contributed by atoms with Crippen LogP contribution in [-0.4, -0.2) is 63.8 Å². The van der Waals surface area contributed by atoms with Gasteiger partial charge in [0.2, 0.25) is 0 Å². The smallest absolute Gasteiger partial charge is 0.406 e. The first kappa shape index (κ1) is 31.9. The summed E-state index contributed by atoms with van der Waals surface area (Å²) >= 11 is 1.47. The lowest BCUT2D eigenvalue weighted by molar-refractivity contribution is -0.140. The van der Waals surface area contributed by atoms with E-state index < -0.39 is 12.7 Å². The third-order valence-corrected chi connectivity index (χ3v) is 7.76. The first-order chi connectivity index (χ1) is 20.4. The van der Waals surface area contributed by atoms with Crippen LogP contribution >= 0.6 is 11.9 Å². The highest BCUT2D eigenvalue weighted by Gasteiger charge is 2.30. The molecule has 0 spiro atoms. The summed E-state index contributed by atoms with van der Waals surface area (Å²) in [6.45, 7) is 3.01. The Morgan fingerprint density at radius 1 is 1.07 bits per heavy atom. The van der Waals surface area contributed by atoms with Crippen LogP contribution < -0.4 is 25.4 Å². The van der Waals surface area contributed by atoms with E-state index in [0.29, 0.717) is 23.0 Å². The number of hydrogen-bond acceptors (Lipinski definition) is 7. The van der Waals surface area contributed by atoms with Crippen LogP contribution in [-0.2, 0) is 11.3 Å². The van der Waals surface area contributed by atoms with Crippen LogP contribution in [0.4, 0.5) is 24.5 Å². The summed E-state index contributed by atoms with van der Waals surface area (Å²) in [5.74, 6) is 6.62. The molecule has 1 saturated carbocycles. The van der Waals surface area contributed by atoms with Crippen molar-refractivity contribution in [2.24, 2.45) is 0 Å². The molecule has 1 aliphatic carbocycles. The van der Waals surface area contributed by atoms with Crippen molar-refractivity contribution in [3.05, 3.63) is 48.2 Å². The number of ether oxygens (including phenoxy) is 2. The van der Waals surface area contributed by atoms with Crippen LogP contribution in [0.3, 0.4) is 0 Å². The van der Waals surface area contributed by atoms with Crippen molar-refractivity contribution in [2.45, 2.75) is 55.8 Å². The standard InChI is InChI=1S/C27H31F3N4OS.C4H9NO/c1-31-36-21-13-14-24(26(17-21)35-2)32-15-7-10-20-16-22-23(33-19-8-4-3-5-9-19)11-6-12-25(22)34(20)18-27(28,29)30;1-3-6-4-2-5-1/h6,11-14,16-17,19,31-33H,3-5,8-9,15,18H2,1-2H3;5H,1-4H2. The van der Waals surface area contributed by atoms with Gasteiger partial charge in [-0.1, -0.05) is 31.2 Å². The minimum atomic E-state index is -4.35. The average Bonchev–Trinajstić information content (AvgIpc) is 3.34. The van der Waals surface area contributed by atoms with Gasteiger partial charge < -0.3 is 30.0 Å². The van der Waals surface area contributed by atoms with Crippen LogP contribution in [0, 0.1) is 11.8 Å². The maximum absolute atomic E-state index is 13.5. The van der Waals surface area contributed by atoms with E-state index in [-0.39, 0.29) is 6.54 Å². The fourth-order valence-electron chi connectivity index (χ4n) is 5.12. The Kier molecular flexibility index (Phi) is 12.1. The van der Waals surface area contributed by atoms with E-state index in [4.69, 9.17) is 9.47 Å². The molecule has 42 heavy (non-hydrogen) atoms. The number of fused-ring (bicyclic) bond motifs is 1. The maximum Gasteiger partial charge on any atom is 0.406 e. The lowest BCUT2D eigenvalue weighted by Gasteiger charge is -2.24. The number of methoxy groups -OCH3 is 1. The molecular formula is C31H40F3N5O2S. The van der Waals surface area contributed by atoms with Crippen LogP contribution in [0.5, 0.6) is 5.75 Å². The summed E-state index contributed by atoms with van der Waals surface area (Å²) in [6.07, 6.45) is 1.39. The second-order valence-corrected chi connectivity index (χ2v) is 11.2. The molecule has 2 aliphatic rings. The molecule has 0 bridgehead atoms. The highest BCUT2D eigenvalue weighted by molar-refractivity contribution is 7.97. The van der Waals surface area contributed by atoms with Gasteiger partial charge in [-0.2, -0.15) is 13.2 Å². The summed E-state index contributed by atoms with van der Waals surface area (Å²) in [7, 11) is 3.43. The largest absolute Gasteiger partial charge is 0.495 e. The third-order valence-electron chi connectivity index (χ3n) is 7.07. The number of nitrogens with zero attached hydrogens (tertiary/aromatic N) is 1. The number of halogens is 3. The molecule has 228 valence electrons. The molecule has 1 aliphatic heterocycles. The fraction of sp³-hybridized carbons (Fsp3) is 0.484. The Hall–Kier alpha value is -3.04. The third kappa shape index (κ3) is 9.49. The topological polar surface area (TPSA) is 71.5 Å². The Bertz CT molecular complexity index is 1330. The number of anilines is 2. The molecule has 7 nitrogen and oxygen atoms in total. The molecule has 0 radical (unpaired) electrons. The van der Waals surface area contributed by atoms with Crippen LogP contribution in [0.1, 0.15) is 37.8 Å². The lowest BCUT2D eigenvalue weighted by atomic mass is 9.95. The summed E-state index contributed by atoms with van der Waals surface area (Å²) in [6, 6.07) is 13.3. The van der Waals surface area contributed by atoms with Crippen molar-refractivity contribution in [1.82, 2.24) is 14.6 Å². The first-order valence-corrected chi connectivity index (χ1v) is 15.2. The molecule has 3 aromatic rings. The zero-order valence-electron chi connectivity index (χ0n) is 24.2. The van der Waals surface area contributed by atoms with Crippen molar-refractivity contribution in [3.63, 3.8) is 0 Å². The van der Waals surface area contributed by atoms with Gasteiger partial charge in [0.1, 0.15) is 12.3 Å². The molecule has 0 unspecified atom stereocenters. The van der Waals surface area contributed by atoms with Crippen molar-refractivity contribution >= 4 is 34.2 Å². The Morgan fingerprint density at radius 2 is 1.86 bits per heavy atom. The summed E-state index contributed by atoms with van der Waals surface area (Å²) in [5.41, 5.74) is 2.51. The van der Waals surface area contributed by atoms with Gasteiger partial charge in [-0.05, 0) is 74.2 Å². The summed E-state index contributed by atoms with van der Waals surface area (Å²) in [4.78, 5) is 1.00. The van der Waals surface area contributed by atoms with E-state index >= 15 is 0 Å². The van der Waals surface area contributed by atoms with Crippen LogP contribution in [0.2, 0.25) is 0 Å². The molecule has 5 rings (SSSR count). The molecule has 2 aromatic carbocycles. The van der Waals surface area contributed by atoms with Crippen molar-refractivity contribution in [3.8, 4) is 17.6 Å². The number of aromatic nitrogens is 1. The zero-order chi connectivity index (χ0) is 29.8. The number of benzene rings is 2. The van der Waals surface area contributed by atoms with E-state index in [1.165, 1.54) is 35.8 Å². The number of morpholine rings is 1. The molecular weight excluding hydrogens is 563 g/mol. The maximum atomic E-state index is 13.5. The van der Waals surface area contributed by atoms with Gasteiger partial charge in [0.15, 0.2) is 0 Å². The van der Waals surface area contributed by atoms with Gasteiger partial charge in [0.05, 0.1) is 43.8 Å². The molecule has 0 atom stereocenters. The quantitative estimate of drug-likeness (QED) is 0.179. The average molecular weight is 604 g/mol. The minimum Gasteiger partial charge on any atom is -0.495 e. The molecule has 2 heterocycles. The number of nitrogens with one attached hydrogen (secondary N) is 4. The predicted octanol–water partition coefficient (Wildman–Crippen LogP) is 6.25. The van der Waals surface area contributed by atoms with Crippen LogP contribution in [0.15, 0.2) is 47.4 Å². The highest BCUT2D eigenvalue weighted by atomic mass is 32.2. The van der Waals surface area contributed by atoms with Gasteiger partial charge in [-0.25, -0.2) is 0 Å². The second-order valence-electron chi connectivity index (χ2n) is 10.1. The first-order valence-electron chi connectivity index (χ1n) is 14.4. The van der Waals surface area contributed by atoms with Crippen molar-refractivity contribution < 1.29 is 22.6 Å². The Balaban J connectivity index is 0.000000600. The summed E-state index contributed by atoms with van der Waals surface area (Å²) in [5, 5.41) is 10.7. The number of rotatable bonds is 8. The zero-order valence-corrected chi connectivity index (χ0v) is 25.0. The Morgan fingerprint density at radius 3 is 2.50 bits per heavy atom. The number of alkyl halides is 3. The van der Waals surface area contributed by atoms with E-state index in [1.54, 1.807) is 25.3 Å². The molecule has 0 amide bonds. The van der Waals surface area contributed by atoms with E-state index in [9.17, 15) is 13.2 Å². The fourth-order valence-corrected chi connectivity index (χ4v) is 5.66. The molecule has 1 aromatic heterocycles. The molecule has 1 saturated heterocycles.